The van der Waals surface area contributed by atoms with Gasteiger partial charge in [0.25, 0.3) is 0 Å². The number of fused-ring (bicyclic) bond motifs is 1. The molecule has 2 N–H and O–H groups in total. The SMILES string of the molecule is C=CN/C(=C(\C)Cl)c1cc(C)nc2c(OCc3c(Cl)cncc3CNC(=O)C(C)C)cccc12. The highest BCUT2D eigenvalue weighted by Crippen LogP contribution is 2.33. The molecule has 0 fully saturated rings. The van der Waals surface area contributed by atoms with Crippen LogP contribution in [-0.2, 0) is 17.9 Å². The highest BCUT2D eigenvalue weighted by molar-refractivity contribution is 6.32. The average Bonchev–Trinajstić information content (AvgIpc) is 2.79. The second-order valence-electron chi connectivity index (χ2n) is 8.14. The van der Waals surface area contributed by atoms with Crippen LogP contribution in [0.2, 0.25) is 5.02 Å². The number of para-hydroxylation sites is 1. The number of aromatic nitrogens is 2. The maximum Gasteiger partial charge on any atom is 0.222 e. The Kier molecular flexibility index (Phi) is 8.53. The molecule has 0 aliphatic rings. The van der Waals surface area contributed by atoms with E-state index >= 15 is 0 Å². The smallest absolute Gasteiger partial charge is 0.222 e. The predicted molar refractivity (Wildman–Crippen MR) is 139 cm³/mol. The Labute approximate surface area is 210 Å². The molecule has 178 valence electrons. The molecule has 3 aromatic rings. The largest absolute Gasteiger partial charge is 0.487 e. The molecule has 6 nitrogen and oxygen atoms in total. The van der Waals surface area contributed by atoms with E-state index < -0.39 is 0 Å². The van der Waals surface area contributed by atoms with Gasteiger partial charge in [0.2, 0.25) is 5.91 Å². The third kappa shape index (κ3) is 5.88. The number of amides is 1. The molecule has 0 atom stereocenters. The first-order chi connectivity index (χ1) is 16.2. The van der Waals surface area contributed by atoms with E-state index in [1.54, 1.807) is 18.6 Å². The molecule has 0 aliphatic carbocycles. The van der Waals surface area contributed by atoms with Crippen molar-refractivity contribution in [3.63, 3.8) is 0 Å². The zero-order valence-corrected chi connectivity index (χ0v) is 21.2. The summed E-state index contributed by atoms with van der Waals surface area (Å²) in [4.78, 5) is 20.9. The van der Waals surface area contributed by atoms with E-state index in [1.807, 2.05) is 52.0 Å². The Bertz CT molecular complexity index is 1250. The van der Waals surface area contributed by atoms with Crippen LogP contribution in [0.5, 0.6) is 5.75 Å². The molecule has 1 amide bonds. The number of hydrogen-bond acceptors (Lipinski definition) is 5. The summed E-state index contributed by atoms with van der Waals surface area (Å²) >= 11 is 12.8. The van der Waals surface area contributed by atoms with Gasteiger partial charge in [-0.3, -0.25) is 9.78 Å². The Hall–Kier alpha value is -3.09. The number of carbonyl (C=O) groups is 1. The highest BCUT2D eigenvalue weighted by atomic mass is 35.5. The monoisotopic (exact) mass is 498 g/mol. The van der Waals surface area contributed by atoms with E-state index in [0.29, 0.717) is 27.9 Å². The summed E-state index contributed by atoms with van der Waals surface area (Å²) in [5.74, 6) is 0.453. The van der Waals surface area contributed by atoms with Gasteiger partial charge in [-0.05, 0) is 37.7 Å². The van der Waals surface area contributed by atoms with Crippen LogP contribution in [0.3, 0.4) is 0 Å². The number of halogens is 2. The lowest BCUT2D eigenvalue weighted by molar-refractivity contribution is -0.124. The van der Waals surface area contributed by atoms with Crippen LogP contribution >= 0.6 is 23.2 Å². The fourth-order valence-corrected chi connectivity index (χ4v) is 3.88. The molecular formula is C26H28Cl2N4O2. The van der Waals surface area contributed by atoms with Gasteiger partial charge in [0.05, 0.1) is 10.7 Å². The number of nitrogens with one attached hydrogen (secondary N) is 2. The van der Waals surface area contributed by atoms with Crippen LogP contribution in [0.4, 0.5) is 0 Å². The Balaban J connectivity index is 1.97. The van der Waals surface area contributed by atoms with Gasteiger partial charge in [-0.2, -0.15) is 0 Å². The van der Waals surface area contributed by atoms with E-state index in [4.69, 9.17) is 32.9 Å². The van der Waals surface area contributed by atoms with Gasteiger partial charge in [-0.25, -0.2) is 4.98 Å². The molecule has 3 rings (SSSR count). The summed E-state index contributed by atoms with van der Waals surface area (Å²) in [7, 11) is 0. The minimum absolute atomic E-state index is 0.0420. The van der Waals surface area contributed by atoms with Gasteiger partial charge < -0.3 is 15.4 Å². The average molecular weight is 499 g/mol. The maximum absolute atomic E-state index is 12.0. The second-order valence-corrected chi connectivity index (χ2v) is 9.11. The molecule has 0 unspecified atom stereocenters. The van der Waals surface area contributed by atoms with Crippen LogP contribution in [0.1, 0.15) is 43.2 Å². The van der Waals surface area contributed by atoms with Crippen molar-refractivity contribution in [2.75, 3.05) is 0 Å². The van der Waals surface area contributed by atoms with E-state index in [1.165, 1.54) is 0 Å². The van der Waals surface area contributed by atoms with Crippen molar-refractivity contribution in [3.8, 4) is 5.75 Å². The molecule has 8 heteroatoms. The first-order valence-electron chi connectivity index (χ1n) is 10.9. The first kappa shape index (κ1) is 25.5. The molecule has 2 aromatic heterocycles. The van der Waals surface area contributed by atoms with Gasteiger partial charge in [0.15, 0.2) is 0 Å². The van der Waals surface area contributed by atoms with Crippen molar-refractivity contribution in [2.24, 2.45) is 5.92 Å². The number of rotatable bonds is 9. The normalized spacial score (nSPS) is 11.9. The van der Waals surface area contributed by atoms with Crippen molar-refractivity contribution in [1.82, 2.24) is 20.6 Å². The summed E-state index contributed by atoms with van der Waals surface area (Å²) in [6, 6.07) is 7.72. The second kappa shape index (κ2) is 11.4. The third-order valence-electron chi connectivity index (χ3n) is 5.23. The number of ether oxygens (including phenoxy) is 1. The summed E-state index contributed by atoms with van der Waals surface area (Å²) in [5.41, 5.74) is 4.74. The summed E-state index contributed by atoms with van der Waals surface area (Å²) in [6.07, 6.45) is 4.85. The van der Waals surface area contributed by atoms with E-state index in [2.05, 4.69) is 22.2 Å². The molecule has 34 heavy (non-hydrogen) atoms. The van der Waals surface area contributed by atoms with E-state index in [0.717, 1.165) is 33.5 Å². The van der Waals surface area contributed by atoms with Crippen molar-refractivity contribution in [2.45, 2.75) is 40.8 Å². The number of hydrogen-bond donors (Lipinski definition) is 2. The molecule has 1 aromatic carbocycles. The molecule has 0 radical (unpaired) electrons. The van der Waals surface area contributed by atoms with Crippen LogP contribution in [0, 0.1) is 12.8 Å². The first-order valence-corrected chi connectivity index (χ1v) is 11.6. The van der Waals surface area contributed by atoms with Gasteiger partial charge in [0.1, 0.15) is 17.9 Å². The Morgan fingerprint density at radius 1 is 1.29 bits per heavy atom. The molecular weight excluding hydrogens is 471 g/mol. The minimum atomic E-state index is -0.114. The van der Waals surface area contributed by atoms with Crippen LogP contribution < -0.4 is 15.4 Å². The van der Waals surface area contributed by atoms with Crippen molar-refractivity contribution in [1.29, 1.82) is 0 Å². The molecule has 0 saturated carbocycles. The number of carbonyl (C=O) groups excluding carboxylic acids is 1. The van der Waals surface area contributed by atoms with Crippen molar-refractivity contribution >= 4 is 45.7 Å². The van der Waals surface area contributed by atoms with Gasteiger partial charge in [0, 0.05) is 52.1 Å². The molecule has 0 aliphatic heterocycles. The minimum Gasteiger partial charge on any atom is -0.487 e. The quantitative estimate of drug-likeness (QED) is 0.372. The number of aryl methyl sites for hydroxylation is 1. The number of benzene rings is 1. The van der Waals surface area contributed by atoms with E-state index in [-0.39, 0.29) is 18.4 Å². The molecule has 0 spiro atoms. The van der Waals surface area contributed by atoms with Crippen molar-refractivity contribution in [3.05, 3.63) is 81.9 Å². The Morgan fingerprint density at radius 3 is 2.74 bits per heavy atom. The lowest BCUT2D eigenvalue weighted by Gasteiger charge is -2.17. The molecule has 2 heterocycles. The van der Waals surface area contributed by atoms with Gasteiger partial charge in [-0.15, -0.1) is 0 Å². The highest BCUT2D eigenvalue weighted by Gasteiger charge is 2.16. The lowest BCUT2D eigenvalue weighted by Crippen LogP contribution is -2.27. The predicted octanol–water partition coefficient (Wildman–Crippen LogP) is 6.10. The molecule has 0 saturated heterocycles. The zero-order valence-electron chi connectivity index (χ0n) is 19.7. The Morgan fingerprint density at radius 2 is 2.06 bits per heavy atom. The molecule has 0 bridgehead atoms. The van der Waals surface area contributed by atoms with E-state index in [9.17, 15) is 4.79 Å². The van der Waals surface area contributed by atoms with Crippen LogP contribution in [0.15, 0.2) is 54.5 Å². The summed E-state index contributed by atoms with van der Waals surface area (Å²) in [6.45, 7) is 11.7. The van der Waals surface area contributed by atoms with Crippen molar-refractivity contribution < 1.29 is 9.53 Å². The summed E-state index contributed by atoms with van der Waals surface area (Å²) in [5, 5.41) is 8.00. The standard InChI is InChI=1S/C26H28Cl2N4O2/c1-6-30-24(17(5)27)20-10-16(4)32-25-19(20)8-7-9-23(25)34-14-21-18(11-29-13-22(21)28)12-31-26(33)15(2)3/h6-11,13,15,30H,1,12,14H2,2-5H3,(H,31,33)/b24-17+. The number of nitrogens with zero attached hydrogens (tertiary/aromatic N) is 2. The van der Waals surface area contributed by atoms with Gasteiger partial charge in [-0.1, -0.05) is 55.8 Å². The maximum atomic E-state index is 12.0. The third-order valence-corrected chi connectivity index (χ3v) is 5.75. The van der Waals surface area contributed by atoms with Crippen LogP contribution in [-0.4, -0.2) is 15.9 Å². The summed E-state index contributed by atoms with van der Waals surface area (Å²) < 4.78 is 6.21. The van der Waals surface area contributed by atoms with Gasteiger partial charge >= 0.3 is 0 Å². The topological polar surface area (TPSA) is 76.1 Å². The number of allylic oxidation sites excluding steroid dienone is 1. The fourth-order valence-electron chi connectivity index (χ4n) is 3.49. The van der Waals surface area contributed by atoms with Crippen LogP contribution in [0.25, 0.3) is 16.6 Å². The fraction of sp³-hybridized carbons (Fsp3) is 0.269. The number of pyridine rings is 2. The lowest BCUT2D eigenvalue weighted by atomic mass is 10.0. The zero-order chi connectivity index (χ0) is 24.8.